The molecule has 4 N–H and O–H groups in total. The SMILES string of the molecule is NC1=N[C@@H]2[C@@H](CS[C@@H]2CCCCC(=O)O)N1. The highest BCUT2D eigenvalue weighted by atomic mass is 32.2. The Kier molecular flexibility index (Phi) is 3.58. The highest BCUT2D eigenvalue weighted by Crippen LogP contribution is 2.35. The first-order chi connectivity index (χ1) is 7.66. The summed E-state index contributed by atoms with van der Waals surface area (Å²) in [5, 5.41) is 12.2. The van der Waals surface area contributed by atoms with E-state index in [1.54, 1.807) is 0 Å². The van der Waals surface area contributed by atoms with Crippen LogP contribution in [0, 0.1) is 0 Å². The van der Waals surface area contributed by atoms with Crippen LogP contribution in [0.1, 0.15) is 25.7 Å². The molecule has 0 saturated carbocycles. The first-order valence-corrected chi connectivity index (χ1v) is 6.65. The Balaban J connectivity index is 1.72. The van der Waals surface area contributed by atoms with Crippen molar-refractivity contribution < 1.29 is 9.90 Å². The van der Waals surface area contributed by atoms with Gasteiger partial charge in [0.25, 0.3) is 0 Å². The minimum absolute atomic E-state index is 0.273. The molecule has 2 aliphatic rings. The maximum Gasteiger partial charge on any atom is 0.303 e. The van der Waals surface area contributed by atoms with Gasteiger partial charge in [0.05, 0.1) is 12.1 Å². The summed E-state index contributed by atoms with van der Waals surface area (Å²) in [5.41, 5.74) is 5.63. The third-order valence-electron chi connectivity index (χ3n) is 3.03. The highest BCUT2D eigenvalue weighted by molar-refractivity contribution is 8.00. The molecule has 0 aromatic carbocycles. The molecule has 0 amide bonds. The number of carbonyl (C=O) groups is 1. The molecular weight excluding hydrogens is 226 g/mol. The lowest BCUT2D eigenvalue weighted by Gasteiger charge is -2.13. The molecule has 0 aliphatic carbocycles. The summed E-state index contributed by atoms with van der Waals surface area (Å²) in [7, 11) is 0. The van der Waals surface area contributed by atoms with Crippen LogP contribution >= 0.6 is 11.8 Å². The second-order valence-corrected chi connectivity index (χ2v) is 5.54. The number of nitrogens with one attached hydrogen (secondary N) is 1. The molecule has 2 aliphatic heterocycles. The van der Waals surface area contributed by atoms with E-state index in [2.05, 4.69) is 10.3 Å². The average Bonchev–Trinajstić information content (AvgIpc) is 2.72. The Morgan fingerprint density at radius 1 is 1.62 bits per heavy atom. The maximum atomic E-state index is 10.4. The number of guanidine groups is 1. The molecule has 1 saturated heterocycles. The summed E-state index contributed by atoms with van der Waals surface area (Å²) < 4.78 is 0. The average molecular weight is 243 g/mol. The van der Waals surface area contributed by atoms with Crippen molar-refractivity contribution in [3.63, 3.8) is 0 Å². The summed E-state index contributed by atoms with van der Waals surface area (Å²) in [6, 6.07) is 0.698. The summed E-state index contributed by atoms with van der Waals surface area (Å²) in [6.45, 7) is 0. The van der Waals surface area contributed by atoms with Gasteiger partial charge in [0, 0.05) is 17.4 Å². The fourth-order valence-electron chi connectivity index (χ4n) is 2.25. The van der Waals surface area contributed by atoms with Crippen molar-refractivity contribution in [3.8, 4) is 0 Å². The normalized spacial score (nSPS) is 32.0. The lowest BCUT2D eigenvalue weighted by molar-refractivity contribution is -0.137. The second-order valence-electron chi connectivity index (χ2n) is 4.27. The van der Waals surface area contributed by atoms with Gasteiger partial charge in [-0.25, -0.2) is 4.99 Å². The molecule has 0 aromatic heterocycles. The van der Waals surface area contributed by atoms with Crippen LogP contribution < -0.4 is 11.1 Å². The van der Waals surface area contributed by atoms with Crippen LogP contribution in [-0.2, 0) is 4.79 Å². The predicted molar refractivity (Wildman–Crippen MR) is 64.7 cm³/mol. The number of carboxylic acid groups (broad SMARTS) is 1. The minimum atomic E-state index is -0.707. The van der Waals surface area contributed by atoms with E-state index in [1.807, 2.05) is 11.8 Å². The lowest BCUT2D eigenvalue weighted by atomic mass is 10.0. The van der Waals surface area contributed by atoms with E-state index in [0.29, 0.717) is 23.3 Å². The van der Waals surface area contributed by atoms with Gasteiger partial charge in [0.1, 0.15) is 0 Å². The fourth-order valence-corrected chi connectivity index (χ4v) is 3.76. The lowest BCUT2D eigenvalue weighted by Crippen LogP contribution is -2.38. The standard InChI is InChI=1S/C10H17N3O2S/c11-10-12-6-5-16-7(9(6)13-10)3-1-2-4-8(14)15/h6-7,9H,1-5H2,(H,14,15)(H3,11,12,13)/t6-,7-,9-/m1/s1. The molecule has 0 spiro atoms. The van der Waals surface area contributed by atoms with Crippen molar-refractivity contribution in [2.75, 3.05) is 5.75 Å². The number of unbranched alkanes of at least 4 members (excludes halogenated alkanes) is 1. The summed E-state index contributed by atoms with van der Waals surface area (Å²) in [5.74, 6) is 0.908. The monoisotopic (exact) mass is 243 g/mol. The zero-order chi connectivity index (χ0) is 11.5. The van der Waals surface area contributed by atoms with Crippen molar-refractivity contribution in [1.82, 2.24) is 5.32 Å². The van der Waals surface area contributed by atoms with Gasteiger partial charge >= 0.3 is 5.97 Å². The van der Waals surface area contributed by atoms with E-state index in [0.717, 1.165) is 25.0 Å². The molecule has 1 fully saturated rings. The van der Waals surface area contributed by atoms with Gasteiger partial charge in [-0.2, -0.15) is 11.8 Å². The molecule has 0 unspecified atom stereocenters. The first-order valence-electron chi connectivity index (χ1n) is 5.60. The molecule has 0 aromatic rings. The fraction of sp³-hybridized carbons (Fsp3) is 0.800. The third-order valence-corrected chi connectivity index (χ3v) is 4.53. The van der Waals surface area contributed by atoms with Gasteiger partial charge in [-0.15, -0.1) is 0 Å². The number of carboxylic acids is 1. The van der Waals surface area contributed by atoms with Gasteiger partial charge < -0.3 is 16.2 Å². The molecule has 5 nitrogen and oxygen atoms in total. The van der Waals surface area contributed by atoms with E-state index < -0.39 is 5.97 Å². The Labute approximate surface area is 98.9 Å². The van der Waals surface area contributed by atoms with Crippen LogP contribution in [0.15, 0.2) is 4.99 Å². The van der Waals surface area contributed by atoms with Gasteiger partial charge in [-0.05, 0) is 12.8 Å². The Morgan fingerprint density at radius 2 is 2.44 bits per heavy atom. The van der Waals surface area contributed by atoms with E-state index in [9.17, 15) is 4.79 Å². The number of nitrogens with two attached hydrogens (primary N) is 1. The summed E-state index contributed by atoms with van der Waals surface area (Å²) in [6.07, 6.45) is 3.03. The van der Waals surface area contributed by atoms with Gasteiger partial charge in [0.2, 0.25) is 0 Å². The van der Waals surface area contributed by atoms with Gasteiger partial charge in [-0.3, -0.25) is 4.79 Å². The Morgan fingerprint density at radius 3 is 3.19 bits per heavy atom. The summed E-state index contributed by atoms with van der Waals surface area (Å²) in [4.78, 5) is 14.8. The first kappa shape index (κ1) is 11.6. The quantitative estimate of drug-likeness (QED) is 0.608. The van der Waals surface area contributed by atoms with Crippen molar-refractivity contribution in [1.29, 1.82) is 0 Å². The zero-order valence-corrected chi connectivity index (χ0v) is 9.87. The van der Waals surface area contributed by atoms with Crippen molar-refractivity contribution in [3.05, 3.63) is 0 Å². The molecule has 2 rings (SSSR count). The number of fused-ring (bicyclic) bond motifs is 1. The number of rotatable bonds is 5. The topological polar surface area (TPSA) is 87.7 Å². The molecule has 3 atom stereocenters. The smallest absolute Gasteiger partial charge is 0.303 e. The predicted octanol–water partition coefficient (Wildman–Crippen LogP) is 0.402. The second kappa shape index (κ2) is 4.95. The molecular formula is C10H17N3O2S. The Hall–Kier alpha value is -0.910. The zero-order valence-electron chi connectivity index (χ0n) is 9.06. The number of aliphatic carboxylic acids is 1. The molecule has 16 heavy (non-hydrogen) atoms. The van der Waals surface area contributed by atoms with Crippen LogP contribution in [-0.4, -0.2) is 40.1 Å². The molecule has 0 bridgehead atoms. The minimum Gasteiger partial charge on any atom is -0.481 e. The molecule has 90 valence electrons. The van der Waals surface area contributed by atoms with Crippen LogP contribution in [0.5, 0.6) is 0 Å². The molecule has 2 heterocycles. The number of thioether (sulfide) groups is 1. The largest absolute Gasteiger partial charge is 0.481 e. The van der Waals surface area contributed by atoms with Gasteiger partial charge in [-0.1, -0.05) is 6.42 Å². The van der Waals surface area contributed by atoms with Crippen LogP contribution in [0.4, 0.5) is 0 Å². The highest BCUT2D eigenvalue weighted by Gasteiger charge is 2.39. The molecule has 0 radical (unpaired) electrons. The molecule has 6 heteroatoms. The van der Waals surface area contributed by atoms with E-state index >= 15 is 0 Å². The maximum absolute atomic E-state index is 10.4. The Bertz CT molecular complexity index is 308. The van der Waals surface area contributed by atoms with Crippen molar-refractivity contribution in [2.24, 2.45) is 10.7 Å². The van der Waals surface area contributed by atoms with E-state index in [1.165, 1.54) is 0 Å². The van der Waals surface area contributed by atoms with Crippen molar-refractivity contribution >= 4 is 23.7 Å². The number of aliphatic imine (C=N–C) groups is 1. The van der Waals surface area contributed by atoms with Gasteiger partial charge in [0.15, 0.2) is 5.96 Å². The third kappa shape index (κ3) is 2.61. The number of nitrogens with zero attached hydrogens (tertiary/aromatic N) is 1. The number of hydrogen-bond donors (Lipinski definition) is 3. The summed E-state index contributed by atoms with van der Waals surface area (Å²) >= 11 is 1.92. The van der Waals surface area contributed by atoms with E-state index in [4.69, 9.17) is 10.8 Å². The van der Waals surface area contributed by atoms with Crippen LogP contribution in [0.25, 0.3) is 0 Å². The van der Waals surface area contributed by atoms with Crippen LogP contribution in [0.2, 0.25) is 0 Å². The van der Waals surface area contributed by atoms with E-state index in [-0.39, 0.29) is 6.42 Å². The van der Waals surface area contributed by atoms with Crippen LogP contribution in [0.3, 0.4) is 0 Å². The number of hydrogen-bond acceptors (Lipinski definition) is 5. The van der Waals surface area contributed by atoms with Crippen molar-refractivity contribution in [2.45, 2.75) is 43.0 Å².